The van der Waals surface area contributed by atoms with Crippen LogP contribution in [0.2, 0.25) is 0 Å². The number of carboxylic acid groups (broad SMARTS) is 1. The third-order valence-electron chi connectivity index (χ3n) is 4.77. The predicted octanol–water partition coefficient (Wildman–Crippen LogP) is 4.09. The quantitative estimate of drug-likeness (QED) is 0.141. The van der Waals surface area contributed by atoms with Gasteiger partial charge in [0.15, 0.2) is 5.25 Å². The summed E-state index contributed by atoms with van der Waals surface area (Å²) in [7, 11) is -4.83. The molecule has 0 radical (unpaired) electrons. The van der Waals surface area contributed by atoms with Gasteiger partial charge in [0.05, 0.1) is 6.42 Å². The van der Waals surface area contributed by atoms with Crippen molar-refractivity contribution in [1.82, 2.24) is 0 Å². The van der Waals surface area contributed by atoms with Gasteiger partial charge in [-0.25, -0.2) is 0 Å². The number of unbranched alkanes of at least 4 members (excludes halogenated alkanes) is 9. The number of carboxylic acids is 1. The van der Waals surface area contributed by atoms with E-state index in [-0.39, 0.29) is 29.6 Å². The van der Waals surface area contributed by atoms with E-state index in [1.807, 2.05) is 0 Å². The van der Waals surface area contributed by atoms with Crippen LogP contribution in [0.25, 0.3) is 0 Å². The Morgan fingerprint density at radius 2 is 1.24 bits per heavy atom. The molecule has 9 heteroatoms. The second-order valence-corrected chi connectivity index (χ2v) is 9.02. The molecule has 0 aliphatic rings. The van der Waals surface area contributed by atoms with Crippen molar-refractivity contribution in [2.24, 2.45) is 0 Å². The fourth-order valence-corrected chi connectivity index (χ4v) is 3.75. The standard InChI is InChI=1S/C20H38O7S.Na.H/c1-3-5-7-9-11-13-15-17(14-12-10-8-6-4-2)27-20(23)18(16-19(21)22)28(24,25)26;;/h17-18H,3-16H2,1-2H3,(H,21,22)(H,24,25,26);;. The molecule has 0 aliphatic heterocycles. The van der Waals surface area contributed by atoms with Gasteiger partial charge in [-0.1, -0.05) is 71.6 Å². The second kappa shape index (κ2) is 18.6. The van der Waals surface area contributed by atoms with Crippen molar-refractivity contribution in [3.05, 3.63) is 0 Å². The molecule has 0 amide bonds. The van der Waals surface area contributed by atoms with Gasteiger partial charge in [-0.2, -0.15) is 8.42 Å². The molecule has 168 valence electrons. The maximum atomic E-state index is 12.2. The van der Waals surface area contributed by atoms with Crippen molar-refractivity contribution >= 4 is 51.6 Å². The molecule has 0 aromatic rings. The molecule has 0 rings (SSSR count). The van der Waals surface area contributed by atoms with Crippen LogP contribution < -0.4 is 0 Å². The summed E-state index contributed by atoms with van der Waals surface area (Å²) >= 11 is 0. The van der Waals surface area contributed by atoms with Crippen LogP contribution in [0, 0.1) is 0 Å². The summed E-state index contributed by atoms with van der Waals surface area (Å²) in [5.41, 5.74) is 0. The Hall–Kier alpha value is -0.150. The third-order valence-corrected chi connectivity index (χ3v) is 5.85. The van der Waals surface area contributed by atoms with E-state index in [4.69, 9.17) is 9.84 Å². The third kappa shape index (κ3) is 17.2. The first-order chi connectivity index (χ1) is 13.2. The minimum atomic E-state index is -4.83. The number of esters is 1. The fourth-order valence-electron chi connectivity index (χ4n) is 3.10. The molecule has 0 heterocycles. The molecule has 0 aromatic heterocycles. The number of carbonyl (C=O) groups is 2. The Labute approximate surface area is 198 Å². The van der Waals surface area contributed by atoms with Gasteiger partial charge in [-0.05, 0) is 25.7 Å². The first kappa shape index (κ1) is 31.0. The van der Waals surface area contributed by atoms with E-state index in [1.165, 1.54) is 19.3 Å². The molecule has 2 unspecified atom stereocenters. The van der Waals surface area contributed by atoms with E-state index in [2.05, 4.69) is 13.8 Å². The summed E-state index contributed by atoms with van der Waals surface area (Å²) < 4.78 is 37.3. The van der Waals surface area contributed by atoms with E-state index in [9.17, 15) is 22.6 Å². The van der Waals surface area contributed by atoms with Gasteiger partial charge >= 0.3 is 41.5 Å². The average molecular weight is 447 g/mol. The van der Waals surface area contributed by atoms with Crippen LogP contribution in [0.5, 0.6) is 0 Å². The second-order valence-electron chi connectivity index (χ2n) is 7.42. The van der Waals surface area contributed by atoms with Gasteiger partial charge in [0.2, 0.25) is 0 Å². The molecule has 7 nitrogen and oxygen atoms in total. The van der Waals surface area contributed by atoms with Crippen LogP contribution in [0.4, 0.5) is 0 Å². The average Bonchev–Trinajstić information content (AvgIpc) is 2.60. The van der Waals surface area contributed by atoms with Crippen LogP contribution in [0.15, 0.2) is 0 Å². The van der Waals surface area contributed by atoms with Crippen molar-refractivity contribution in [1.29, 1.82) is 0 Å². The van der Waals surface area contributed by atoms with E-state index >= 15 is 0 Å². The van der Waals surface area contributed by atoms with Gasteiger partial charge in [-0.3, -0.25) is 14.1 Å². The number of ether oxygens (including phenoxy) is 1. The van der Waals surface area contributed by atoms with Crippen LogP contribution in [-0.4, -0.2) is 70.9 Å². The van der Waals surface area contributed by atoms with Crippen molar-refractivity contribution in [3.8, 4) is 0 Å². The topological polar surface area (TPSA) is 118 Å². The van der Waals surface area contributed by atoms with Crippen LogP contribution in [-0.2, 0) is 24.4 Å². The molecule has 2 atom stereocenters. The zero-order valence-corrected chi connectivity index (χ0v) is 18.2. The summed E-state index contributed by atoms with van der Waals surface area (Å²) in [6.45, 7) is 4.28. The summed E-state index contributed by atoms with van der Waals surface area (Å²) in [4.78, 5) is 23.1. The van der Waals surface area contributed by atoms with E-state index in [0.717, 1.165) is 51.4 Å². The number of aliphatic carboxylic acids is 1. The van der Waals surface area contributed by atoms with Crippen LogP contribution in [0.3, 0.4) is 0 Å². The summed E-state index contributed by atoms with van der Waals surface area (Å²) in [6, 6.07) is 0. The van der Waals surface area contributed by atoms with Crippen molar-refractivity contribution in [2.45, 2.75) is 115 Å². The van der Waals surface area contributed by atoms with Gasteiger partial charge < -0.3 is 9.84 Å². The van der Waals surface area contributed by atoms with Crippen molar-refractivity contribution in [2.75, 3.05) is 0 Å². The monoisotopic (exact) mass is 446 g/mol. The predicted molar refractivity (Wildman–Crippen MR) is 116 cm³/mol. The number of hydrogen-bond acceptors (Lipinski definition) is 5. The Balaban J connectivity index is 0. The molecule has 2 N–H and O–H groups in total. The van der Waals surface area contributed by atoms with Crippen LogP contribution >= 0.6 is 0 Å². The Morgan fingerprint density at radius 1 is 0.828 bits per heavy atom. The summed E-state index contributed by atoms with van der Waals surface area (Å²) in [6.07, 6.45) is 11.6. The first-order valence-electron chi connectivity index (χ1n) is 10.6. The molecule has 0 saturated heterocycles. The summed E-state index contributed by atoms with van der Waals surface area (Å²) in [5.74, 6) is -2.65. The molecular weight excluding hydrogens is 407 g/mol. The number of carbonyl (C=O) groups excluding carboxylic acids is 1. The van der Waals surface area contributed by atoms with Gasteiger partial charge in [0.1, 0.15) is 6.10 Å². The normalized spacial score (nSPS) is 13.3. The van der Waals surface area contributed by atoms with Gasteiger partial charge in [0.25, 0.3) is 10.1 Å². The first-order valence-corrected chi connectivity index (χ1v) is 12.1. The van der Waals surface area contributed by atoms with E-state index in [0.29, 0.717) is 12.8 Å². The number of rotatable bonds is 18. The molecule has 0 saturated carbocycles. The van der Waals surface area contributed by atoms with Crippen molar-refractivity contribution in [3.63, 3.8) is 0 Å². The molecule has 0 aromatic carbocycles. The Morgan fingerprint density at radius 3 is 1.62 bits per heavy atom. The van der Waals surface area contributed by atoms with Gasteiger partial charge in [-0.15, -0.1) is 0 Å². The number of hydrogen-bond donors (Lipinski definition) is 2. The molecule has 0 spiro atoms. The molecule has 0 aliphatic carbocycles. The fraction of sp³-hybridized carbons (Fsp3) is 0.900. The van der Waals surface area contributed by atoms with Crippen molar-refractivity contribution < 1.29 is 32.4 Å². The Kier molecular flexibility index (Phi) is 19.9. The SMILES string of the molecule is CCCCCCCCC(CCCCCCC)OC(=O)C(CC(=O)O)S(=O)(=O)O.[NaH]. The zero-order chi connectivity index (χ0) is 21.4. The van der Waals surface area contributed by atoms with E-state index in [1.54, 1.807) is 0 Å². The maximum absolute atomic E-state index is 12.2. The minimum absolute atomic E-state index is 0. The summed E-state index contributed by atoms with van der Waals surface area (Å²) in [5, 5.41) is 6.74. The molecule has 0 bridgehead atoms. The van der Waals surface area contributed by atoms with E-state index < -0.39 is 39.8 Å². The molecule has 0 fully saturated rings. The van der Waals surface area contributed by atoms with Gasteiger partial charge in [0, 0.05) is 0 Å². The molecular formula is C20H39NaO7S. The van der Waals surface area contributed by atoms with Crippen LogP contribution in [0.1, 0.15) is 104 Å². The Bertz CT molecular complexity index is 537. The zero-order valence-electron chi connectivity index (χ0n) is 17.4. The molecule has 29 heavy (non-hydrogen) atoms.